The maximum atomic E-state index is 13.8. The quantitative estimate of drug-likeness (QED) is 0.164. The molecule has 12 nitrogen and oxygen atoms in total. The first kappa shape index (κ1) is 28.6. The predicted octanol–water partition coefficient (Wildman–Crippen LogP) is 4.84. The molecule has 0 saturated heterocycles. The van der Waals surface area contributed by atoms with Crippen LogP contribution in [0.15, 0.2) is 74.0 Å². The van der Waals surface area contributed by atoms with Crippen molar-refractivity contribution in [1.29, 1.82) is 0 Å². The first-order chi connectivity index (χ1) is 20.0. The van der Waals surface area contributed by atoms with Crippen molar-refractivity contribution in [1.82, 2.24) is 4.57 Å². The highest BCUT2D eigenvalue weighted by Gasteiger charge is 2.34. The number of fused-ring (bicyclic) bond motifs is 1. The molecule has 0 fully saturated rings. The predicted molar refractivity (Wildman–Crippen MR) is 154 cm³/mol. The van der Waals surface area contributed by atoms with Gasteiger partial charge in [0.05, 0.1) is 43.3 Å². The SMILES string of the molecule is CCOC(=O)C1=C(C)N=c2s/c(=C/c3ccc(-c4ccc([N+](=O)[O-])cc4Cl)o3)c(=O)n2[C@H]1c1ccc(C)c([N+](=O)[O-])c1. The third-order valence-corrected chi connectivity index (χ3v) is 7.89. The molecule has 214 valence electrons. The van der Waals surface area contributed by atoms with Crippen LogP contribution in [0.5, 0.6) is 0 Å². The Balaban J connectivity index is 1.64. The van der Waals surface area contributed by atoms with Crippen LogP contribution in [0.1, 0.15) is 36.8 Å². The van der Waals surface area contributed by atoms with Gasteiger partial charge in [-0.1, -0.05) is 35.1 Å². The molecule has 1 aliphatic heterocycles. The Labute approximate surface area is 245 Å². The van der Waals surface area contributed by atoms with E-state index in [0.29, 0.717) is 33.9 Å². The van der Waals surface area contributed by atoms with Crippen molar-refractivity contribution in [2.45, 2.75) is 26.8 Å². The van der Waals surface area contributed by atoms with Crippen molar-refractivity contribution < 1.29 is 23.8 Å². The van der Waals surface area contributed by atoms with Crippen LogP contribution in [0.25, 0.3) is 17.4 Å². The minimum Gasteiger partial charge on any atom is -0.463 e. The van der Waals surface area contributed by atoms with Crippen LogP contribution in [0.3, 0.4) is 0 Å². The monoisotopic (exact) mass is 608 g/mol. The van der Waals surface area contributed by atoms with Gasteiger partial charge in [0.15, 0.2) is 4.80 Å². The fourth-order valence-electron chi connectivity index (χ4n) is 4.62. The molecule has 2 aromatic heterocycles. The molecule has 0 spiro atoms. The molecule has 0 amide bonds. The number of carbonyl (C=O) groups is 1. The molecule has 5 rings (SSSR count). The van der Waals surface area contributed by atoms with Crippen molar-refractivity contribution in [3.05, 3.63) is 122 Å². The number of esters is 1. The van der Waals surface area contributed by atoms with Gasteiger partial charge in [-0.3, -0.25) is 29.6 Å². The van der Waals surface area contributed by atoms with Gasteiger partial charge in [-0.15, -0.1) is 0 Å². The fourth-order valence-corrected chi connectivity index (χ4v) is 5.92. The smallest absolute Gasteiger partial charge is 0.338 e. The molecule has 3 heterocycles. The highest BCUT2D eigenvalue weighted by Crippen LogP contribution is 2.34. The number of aromatic nitrogens is 1. The summed E-state index contributed by atoms with van der Waals surface area (Å²) in [6, 6.07) is 10.8. The number of ether oxygens (including phenoxy) is 1. The van der Waals surface area contributed by atoms with E-state index in [1.807, 2.05) is 0 Å². The van der Waals surface area contributed by atoms with Crippen molar-refractivity contribution >= 4 is 46.4 Å². The topological polar surface area (TPSA) is 160 Å². The largest absolute Gasteiger partial charge is 0.463 e. The van der Waals surface area contributed by atoms with E-state index >= 15 is 0 Å². The molecule has 42 heavy (non-hydrogen) atoms. The number of aryl methyl sites for hydroxylation is 1. The number of halogens is 1. The Hall–Kier alpha value is -4.88. The van der Waals surface area contributed by atoms with Crippen LogP contribution in [-0.4, -0.2) is 27.0 Å². The minimum atomic E-state index is -1.02. The number of nitro benzene ring substituents is 2. The molecular weight excluding hydrogens is 588 g/mol. The molecule has 0 radical (unpaired) electrons. The van der Waals surface area contributed by atoms with Gasteiger partial charge in [0.1, 0.15) is 11.5 Å². The zero-order chi connectivity index (χ0) is 30.3. The lowest BCUT2D eigenvalue weighted by atomic mass is 9.94. The summed E-state index contributed by atoms with van der Waals surface area (Å²) >= 11 is 7.30. The summed E-state index contributed by atoms with van der Waals surface area (Å²) in [5, 5.41) is 22.8. The number of benzene rings is 2. The molecule has 1 atom stereocenters. The summed E-state index contributed by atoms with van der Waals surface area (Å²) in [7, 11) is 0. The minimum absolute atomic E-state index is 0.0837. The summed E-state index contributed by atoms with van der Waals surface area (Å²) < 4.78 is 12.7. The van der Waals surface area contributed by atoms with Gasteiger partial charge in [0, 0.05) is 35.4 Å². The van der Waals surface area contributed by atoms with Gasteiger partial charge >= 0.3 is 5.97 Å². The lowest BCUT2D eigenvalue weighted by Crippen LogP contribution is -2.40. The number of nitrogens with zero attached hydrogens (tertiary/aromatic N) is 4. The van der Waals surface area contributed by atoms with Gasteiger partial charge in [-0.2, -0.15) is 0 Å². The average molecular weight is 609 g/mol. The third kappa shape index (κ3) is 5.15. The van der Waals surface area contributed by atoms with Crippen molar-refractivity contribution in [3.63, 3.8) is 0 Å². The number of allylic oxidation sites excluding steroid dienone is 1. The fraction of sp³-hybridized carbons (Fsp3) is 0.179. The molecular formula is C28H21ClN4O8S. The Morgan fingerprint density at radius 1 is 1.14 bits per heavy atom. The Morgan fingerprint density at radius 3 is 2.57 bits per heavy atom. The van der Waals surface area contributed by atoms with E-state index in [9.17, 15) is 29.8 Å². The van der Waals surface area contributed by atoms with Gasteiger partial charge < -0.3 is 9.15 Å². The van der Waals surface area contributed by atoms with Crippen LogP contribution in [-0.2, 0) is 9.53 Å². The second-order valence-corrected chi connectivity index (χ2v) is 10.6. The number of hydrogen-bond donors (Lipinski definition) is 0. The van der Waals surface area contributed by atoms with E-state index in [1.165, 1.54) is 34.9 Å². The lowest BCUT2D eigenvalue weighted by molar-refractivity contribution is -0.385. The number of thiazole rings is 1. The first-order valence-electron chi connectivity index (χ1n) is 12.5. The van der Waals surface area contributed by atoms with Gasteiger partial charge in [-0.25, -0.2) is 9.79 Å². The zero-order valence-corrected chi connectivity index (χ0v) is 23.9. The second kappa shape index (κ2) is 11.2. The third-order valence-electron chi connectivity index (χ3n) is 6.59. The number of furan rings is 1. The zero-order valence-electron chi connectivity index (χ0n) is 22.3. The van der Waals surface area contributed by atoms with Crippen molar-refractivity contribution in [2.24, 2.45) is 4.99 Å². The number of nitro groups is 2. The molecule has 0 aliphatic carbocycles. The Kier molecular flexibility index (Phi) is 7.63. The number of carbonyl (C=O) groups excluding carboxylic acids is 1. The standard InChI is InChI=1S/C28H21ClN4O8S/c1-4-40-27(35)24-15(3)30-28-31(25(24)16-6-5-14(2)21(11-16)33(38)39)26(34)23(42-28)13-18-8-10-22(41-18)19-9-7-17(32(36)37)12-20(19)29/h5-13,25H,4H2,1-3H3/b23-13+/t25-/m0/s1. The van der Waals surface area contributed by atoms with Gasteiger partial charge in [0.25, 0.3) is 16.9 Å². The second-order valence-electron chi connectivity index (χ2n) is 9.23. The normalized spacial score (nSPS) is 14.9. The average Bonchev–Trinajstić information content (AvgIpc) is 3.52. The van der Waals surface area contributed by atoms with E-state index < -0.39 is 27.4 Å². The number of non-ortho nitro benzene ring substituents is 1. The Bertz CT molecular complexity index is 2010. The van der Waals surface area contributed by atoms with E-state index in [4.69, 9.17) is 20.8 Å². The summed E-state index contributed by atoms with van der Waals surface area (Å²) in [6.07, 6.45) is 1.50. The highest BCUT2D eigenvalue weighted by atomic mass is 35.5. The number of rotatable bonds is 7. The van der Waals surface area contributed by atoms with Crippen LogP contribution >= 0.6 is 22.9 Å². The van der Waals surface area contributed by atoms with Crippen molar-refractivity contribution in [3.8, 4) is 11.3 Å². The molecule has 0 saturated carbocycles. The van der Waals surface area contributed by atoms with Gasteiger partial charge in [0.2, 0.25) is 0 Å². The van der Waals surface area contributed by atoms with Crippen LogP contribution in [0, 0.1) is 27.2 Å². The molecule has 4 aromatic rings. The molecule has 1 aliphatic rings. The highest BCUT2D eigenvalue weighted by molar-refractivity contribution is 7.07. The summed E-state index contributed by atoms with van der Waals surface area (Å²) in [5.41, 5.74) is 0.820. The molecule has 0 unspecified atom stereocenters. The first-order valence-corrected chi connectivity index (χ1v) is 13.7. The van der Waals surface area contributed by atoms with E-state index in [2.05, 4.69) is 4.99 Å². The van der Waals surface area contributed by atoms with Gasteiger partial charge in [-0.05, 0) is 44.5 Å². The Morgan fingerprint density at radius 2 is 1.90 bits per heavy atom. The van der Waals surface area contributed by atoms with E-state index in [0.717, 1.165) is 11.3 Å². The molecule has 14 heteroatoms. The van der Waals surface area contributed by atoms with E-state index in [-0.39, 0.29) is 37.9 Å². The molecule has 0 N–H and O–H groups in total. The maximum absolute atomic E-state index is 13.8. The summed E-state index contributed by atoms with van der Waals surface area (Å²) in [6.45, 7) is 4.95. The maximum Gasteiger partial charge on any atom is 0.338 e. The van der Waals surface area contributed by atoms with Crippen molar-refractivity contribution in [2.75, 3.05) is 6.61 Å². The van der Waals surface area contributed by atoms with E-state index in [1.54, 1.807) is 45.0 Å². The summed E-state index contributed by atoms with van der Waals surface area (Å²) in [4.78, 5) is 53.3. The lowest BCUT2D eigenvalue weighted by Gasteiger charge is -2.24. The number of hydrogen-bond acceptors (Lipinski definition) is 10. The van der Waals surface area contributed by atoms with Crippen LogP contribution < -0.4 is 14.9 Å². The molecule has 0 bridgehead atoms. The summed E-state index contributed by atoms with van der Waals surface area (Å²) in [5.74, 6) is -0.0512. The van der Waals surface area contributed by atoms with Crippen LogP contribution in [0.4, 0.5) is 11.4 Å². The van der Waals surface area contributed by atoms with Crippen LogP contribution in [0.2, 0.25) is 5.02 Å². The molecule has 2 aromatic carbocycles.